The van der Waals surface area contributed by atoms with Gasteiger partial charge in [0, 0.05) is 18.8 Å². The summed E-state index contributed by atoms with van der Waals surface area (Å²) in [4.78, 5) is 15.5. The maximum absolute atomic E-state index is 12.1. The average Bonchev–Trinajstić information content (AvgIpc) is 2.44. The molecule has 0 aliphatic heterocycles. The van der Waals surface area contributed by atoms with Crippen LogP contribution in [0.2, 0.25) is 0 Å². The van der Waals surface area contributed by atoms with Gasteiger partial charge in [0.15, 0.2) is 0 Å². The molecule has 1 aromatic rings. The van der Waals surface area contributed by atoms with Crippen LogP contribution in [-0.4, -0.2) is 31.9 Å². The highest BCUT2D eigenvalue weighted by atomic mass is 32.2. The number of carbonyl (C=O) groups is 1. The van der Waals surface area contributed by atoms with E-state index in [1.807, 2.05) is 6.92 Å². The molecule has 1 heterocycles. The van der Waals surface area contributed by atoms with Gasteiger partial charge < -0.3 is 10.7 Å². The Hall–Kier alpha value is -1.71. The van der Waals surface area contributed by atoms with E-state index >= 15 is 0 Å². The Morgan fingerprint density at radius 1 is 1.50 bits per heavy atom. The Morgan fingerprint density at radius 3 is 2.80 bits per heavy atom. The highest BCUT2D eigenvalue weighted by Crippen LogP contribution is 2.12. The van der Waals surface area contributed by atoms with Crippen molar-refractivity contribution in [1.82, 2.24) is 15.0 Å². The van der Waals surface area contributed by atoms with Crippen LogP contribution in [0.25, 0.3) is 0 Å². The normalized spacial score (nSPS) is 12.8. The van der Waals surface area contributed by atoms with Crippen LogP contribution in [0.15, 0.2) is 23.2 Å². The molecule has 0 aliphatic carbocycles. The summed E-state index contributed by atoms with van der Waals surface area (Å²) < 4.78 is 26.5. The summed E-state index contributed by atoms with van der Waals surface area (Å²) in [6.45, 7) is 3.89. The quantitative estimate of drug-likeness (QED) is 0.399. The molecule has 8 nitrogen and oxygen atoms in total. The Labute approximate surface area is 118 Å². The minimum Gasteiger partial charge on any atom is -0.355 e. The number of carbonyl (C=O) groups excluding carboxylic acids is 1. The molecule has 1 aromatic heterocycles. The first-order valence-electron chi connectivity index (χ1n) is 6.13. The van der Waals surface area contributed by atoms with E-state index in [0.29, 0.717) is 6.54 Å². The molecule has 0 bridgehead atoms. The fraction of sp³-hybridized carbons (Fsp3) is 0.455. The minimum absolute atomic E-state index is 0.0180. The first kappa shape index (κ1) is 16.3. The fourth-order valence-corrected chi connectivity index (χ4v) is 2.63. The van der Waals surface area contributed by atoms with Gasteiger partial charge in [0.2, 0.25) is 15.9 Å². The average molecular weight is 301 g/mol. The van der Waals surface area contributed by atoms with Gasteiger partial charge in [-0.1, -0.05) is 6.92 Å². The largest absolute Gasteiger partial charge is 0.355 e. The van der Waals surface area contributed by atoms with Crippen molar-refractivity contribution in [3.8, 4) is 0 Å². The van der Waals surface area contributed by atoms with E-state index in [2.05, 4.69) is 20.4 Å². The maximum atomic E-state index is 12.1. The first-order valence-corrected chi connectivity index (χ1v) is 7.61. The summed E-state index contributed by atoms with van der Waals surface area (Å²) in [5.41, 5.74) is 2.26. The van der Waals surface area contributed by atoms with Gasteiger partial charge in [-0.25, -0.2) is 19.2 Å². The lowest BCUT2D eigenvalue weighted by Gasteiger charge is -2.14. The van der Waals surface area contributed by atoms with E-state index in [1.54, 1.807) is 0 Å². The maximum Gasteiger partial charge on any atom is 0.241 e. The molecular weight excluding hydrogens is 282 g/mol. The second-order valence-corrected chi connectivity index (χ2v) is 5.87. The number of hydrazine groups is 1. The van der Waals surface area contributed by atoms with Gasteiger partial charge >= 0.3 is 0 Å². The van der Waals surface area contributed by atoms with E-state index in [0.717, 1.165) is 6.42 Å². The Morgan fingerprint density at radius 2 is 2.20 bits per heavy atom. The molecule has 0 fully saturated rings. The van der Waals surface area contributed by atoms with Gasteiger partial charge in [-0.3, -0.25) is 4.79 Å². The third-order valence-electron chi connectivity index (χ3n) is 2.46. The number of hydrogen-bond acceptors (Lipinski definition) is 6. The van der Waals surface area contributed by atoms with E-state index in [4.69, 9.17) is 5.84 Å². The summed E-state index contributed by atoms with van der Waals surface area (Å²) in [6.07, 6.45) is 2.09. The van der Waals surface area contributed by atoms with Gasteiger partial charge in [-0.05, 0) is 19.4 Å². The third-order valence-corrected chi connectivity index (χ3v) is 4.00. The number of sulfonamides is 1. The molecule has 20 heavy (non-hydrogen) atoms. The second-order valence-electron chi connectivity index (χ2n) is 4.16. The summed E-state index contributed by atoms with van der Waals surface area (Å²) in [5.74, 6) is 5.02. The molecule has 112 valence electrons. The number of anilines is 1. The molecule has 1 amide bonds. The van der Waals surface area contributed by atoms with Gasteiger partial charge in [-0.15, -0.1) is 0 Å². The van der Waals surface area contributed by atoms with Crippen LogP contribution in [0.5, 0.6) is 0 Å². The van der Waals surface area contributed by atoms with Crippen molar-refractivity contribution < 1.29 is 13.2 Å². The number of pyridine rings is 1. The molecule has 9 heteroatoms. The van der Waals surface area contributed by atoms with E-state index < -0.39 is 16.1 Å². The SMILES string of the molecule is CCCNC(=O)C(C)NS(=O)(=O)c1ccnc(NN)c1. The molecule has 0 aromatic carbocycles. The van der Waals surface area contributed by atoms with Crippen LogP contribution in [-0.2, 0) is 14.8 Å². The highest BCUT2D eigenvalue weighted by Gasteiger charge is 2.22. The van der Waals surface area contributed by atoms with Gasteiger partial charge in [0.25, 0.3) is 0 Å². The number of hydrogen-bond donors (Lipinski definition) is 4. The van der Waals surface area contributed by atoms with E-state index in [1.165, 1.54) is 25.3 Å². The molecule has 5 N–H and O–H groups in total. The van der Waals surface area contributed by atoms with Crippen LogP contribution < -0.4 is 21.3 Å². The number of nitrogens with two attached hydrogens (primary N) is 1. The lowest BCUT2D eigenvalue weighted by Crippen LogP contribution is -2.44. The number of aromatic nitrogens is 1. The van der Waals surface area contributed by atoms with Crippen molar-refractivity contribution in [2.24, 2.45) is 5.84 Å². The van der Waals surface area contributed by atoms with E-state index in [-0.39, 0.29) is 16.6 Å². The summed E-state index contributed by atoms with van der Waals surface area (Å²) in [5, 5.41) is 2.62. The number of nitrogen functional groups attached to an aromatic ring is 1. The zero-order valence-electron chi connectivity index (χ0n) is 11.4. The van der Waals surface area contributed by atoms with Crippen LogP contribution in [0.3, 0.4) is 0 Å². The third kappa shape index (κ3) is 4.44. The monoisotopic (exact) mass is 301 g/mol. The molecule has 0 saturated heterocycles. The van der Waals surface area contributed by atoms with Gasteiger partial charge in [-0.2, -0.15) is 4.72 Å². The summed E-state index contributed by atoms with van der Waals surface area (Å²) in [6, 6.07) is 1.73. The highest BCUT2D eigenvalue weighted by molar-refractivity contribution is 7.89. The second kappa shape index (κ2) is 7.17. The topological polar surface area (TPSA) is 126 Å². The zero-order chi connectivity index (χ0) is 15.2. The van der Waals surface area contributed by atoms with Crippen molar-refractivity contribution >= 4 is 21.7 Å². The van der Waals surface area contributed by atoms with Crippen LogP contribution in [0, 0.1) is 0 Å². The van der Waals surface area contributed by atoms with Crippen LogP contribution >= 0.6 is 0 Å². The van der Waals surface area contributed by atoms with Crippen molar-refractivity contribution in [2.45, 2.75) is 31.2 Å². The number of nitrogens with one attached hydrogen (secondary N) is 3. The van der Waals surface area contributed by atoms with Gasteiger partial charge in [0.1, 0.15) is 5.82 Å². The fourth-order valence-electron chi connectivity index (χ4n) is 1.41. The minimum atomic E-state index is -3.81. The van der Waals surface area contributed by atoms with Crippen molar-refractivity contribution in [3.05, 3.63) is 18.3 Å². The zero-order valence-corrected chi connectivity index (χ0v) is 12.2. The molecule has 1 rings (SSSR count). The van der Waals surface area contributed by atoms with Gasteiger partial charge in [0.05, 0.1) is 10.9 Å². The molecule has 0 aliphatic rings. The van der Waals surface area contributed by atoms with Crippen molar-refractivity contribution in [3.63, 3.8) is 0 Å². The number of rotatable bonds is 7. The molecule has 1 unspecified atom stereocenters. The number of nitrogens with zero attached hydrogens (tertiary/aromatic N) is 1. The molecule has 0 radical (unpaired) electrons. The van der Waals surface area contributed by atoms with E-state index in [9.17, 15) is 13.2 Å². The Kier molecular flexibility index (Phi) is 5.86. The first-order chi connectivity index (χ1) is 9.40. The lowest BCUT2D eigenvalue weighted by molar-refractivity contribution is -0.122. The smallest absolute Gasteiger partial charge is 0.241 e. The van der Waals surface area contributed by atoms with Crippen LogP contribution in [0.1, 0.15) is 20.3 Å². The predicted octanol–water partition coefficient (Wildman–Crippen LogP) is -0.440. The van der Waals surface area contributed by atoms with Crippen LogP contribution in [0.4, 0.5) is 5.82 Å². The summed E-state index contributed by atoms with van der Waals surface area (Å²) in [7, 11) is -3.81. The summed E-state index contributed by atoms with van der Waals surface area (Å²) >= 11 is 0. The number of amides is 1. The molecule has 1 atom stereocenters. The molecular formula is C11H19N5O3S. The predicted molar refractivity (Wildman–Crippen MR) is 75.1 cm³/mol. The standard InChI is InChI=1S/C11H19N5O3S/c1-3-5-14-11(17)8(2)16-20(18,19)9-4-6-13-10(7-9)15-12/h4,6-8,16H,3,5,12H2,1-2H3,(H,13,15)(H,14,17). The molecule has 0 spiro atoms. The Bertz CT molecular complexity index is 561. The Balaban J connectivity index is 2.81. The lowest BCUT2D eigenvalue weighted by atomic mass is 10.3. The van der Waals surface area contributed by atoms with Crippen molar-refractivity contribution in [2.75, 3.05) is 12.0 Å². The molecule has 0 saturated carbocycles. The van der Waals surface area contributed by atoms with Crippen molar-refractivity contribution in [1.29, 1.82) is 0 Å².